The van der Waals surface area contributed by atoms with Crippen LogP contribution in [0, 0.1) is 5.92 Å². The summed E-state index contributed by atoms with van der Waals surface area (Å²) in [6.07, 6.45) is 23.1. The molecule has 22 nitrogen and oxygen atoms in total. The van der Waals surface area contributed by atoms with Gasteiger partial charge in [-0.05, 0) is 83.6 Å². The van der Waals surface area contributed by atoms with Gasteiger partial charge >= 0.3 is 25.9 Å². The van der Waals surface area contributed by atoms with Crippen LogP contribution in [0.5, 0.6) is 0 Å². The standard InChI is InChI=1S/C110H168NO21PSi/c1-11-16-20-24-28-31-35-39-54-70-92(120-79-87-62-48-43-49-63-87)75-95(112)101-105(129-100(115)77-93(71-55-38-34-27-23-19-14-4)121-80-88-64-50-44-51-65-88)103(122-81-89-66-52-45-53-67-89)97(127-107(101)132-134(9,10)110(6,7)8)85-123-108-102(111-98(113)76-94(72-56-40-36-32-29-25-21-17-12-2)126-99(114)73-57-41-37-33-30-26-22-18-13-3)106(130-109(116)119-74-15-5)104(96(128-108)84-118-78-86-60-46-42-47-61-86)131-133(117)124-82-90-68-58-59-69-91(90)83-125-133/h15,42-53,58-69,92-94,96-97,101-108H,5,11-14,16-41,54-57,70-85H2,1-4,6-10H3,(H,111,113)/t92-,93-,94-,96-,97-,101-,102-,103-,104-,105-,106-,107+,108-/m1/s1. The summed E-state index contributed by atoms with van der Waals surface area (Å²) < 4.78 is 118. The van der Waals surface area contributed by atoms with Crippen LogP contribution in [0.3, 0.4) is 0 Å². The molecule has 0 unspecified atom stereocenters. The number of amides is 1. The number of ether oxygens (including phenoxy) is 11. The van der Waals surface area contributed by atoms with Crippen molar-refractivity contribution in [3.8, 4) is 0 Å². The molecule has 3 aliphatic rings. The summed E-state index contributed by atoms with van der Waals surface area (Å²) in [7, 11) is -7.85. The lowest BCUT2D eigenvalue weighted by Crippen LogP contribution is -2.67. The predicted molar refractivity (Wildman–Crippen MR) is 530 cm³/mol. The van der Waals surface area contributed by atoms with Gasteiger partial charge in [-0.2, -0.15) is 0 Å². The Morgan fingerprint density at radius 1 is 0.455 bits per heavy atom. The molecule has 748 valence electrons. The first-order valence-corrected chi connectivity index (χ1v) is 56.0. The van der Waals surface area contributed by atoms with E-state index in [2.05, 4.69) is 73.5 Å². The molecule has 13 atom stereocenters. The van der Waals surface area contributed by atoms with Crippen LogP contribution in [-0.2, 0) is 133 Å². The van der Waals surface area contributed by atoms with E-state index in [0.29, 0.717) is 43.2 Å². The molecule has 0 saturated carbocycles. The number of rotatable bonds is 71. The van der Waals surface area contributed by atoms with Gasteiger partial charge in [-0.15, -0.1) is 0 Å². The largest absolute Gasteiger partial charge is 0.509 e. The van der Waals surface area contributed by atoms with Crippen LogP contribution in [0.4, 0.5) is 4.79 Å². The molecule has 134 heavy (non-hydrogen) atoms. The van der Waals surface area contributed by atoms with Crippen molar-refractivity contribution in [1.29, 1.82) is 0 Å². The van der Waals surface area contributed by atoms with Crippen molar-refractivity contribution in [2.45, 2.75) is 443 Å². The van der Waals surface area contributed by atoms with Crippen LogP contribution in [0.25, 0.3) is 0 Å². The van der Waals surface area contributed by atoms with Gasteiger partial charge in [0.2, 0.25) is 5.91 Å². The highest BCUT2D eigenvalue weighted by atomic mass is 31.2. The highest BCUT2D eigenvalue weighted by Gasteiger charge is 2.58. The molecular formula is C110H168NO21PSi. The zero-order valence-electron chi connectivity index (χ0n) is 83.0. The maximum atomic E-state index is 16.8. The van der Waals surface area contributed by atoms with Gasteiger partial charge < -0.3 is 61.8 Å². The van der Waals surface area contributed by atoms with Gasteiger partial charge in [-0.25, -0.2) is 9.36 Å². The molecule has 3 heterocycles. The lowest BCUT2D eigenvalue weighted by Gasteiger charge is -2.49. The molecule has 3 aliphatic heterocycles. The summed E-state index contributed by atoms with van der Waals surface area (Å²) in [4.78, 5) is 77.6. The van der Waals surface area contributed by atoms with Crippen molar-refractivity contribution < 1.29 is 98.6 Å². The number of benzene rings is 5. The number of hydrogen-bond donors (Lipinski definition) is 1. The maximum absolute atomic E-state index is 16.8. The summed E-state index contributed by atoms with van der Waals surface area (Å²) in [6.45, 7) is 22.0. The fourth-order valence-electron chi connectivity index (χ4n) is 17.3. The number of unbranched alkanes of at least 4 members (excludes halogenated alkanes) is 30. The minimum Gasteiger partial charge on any atom is -0.462 e. The van der Waals surface area contributed by atoms with E-state index in [9.17, 15) is 9.59 Å². The second-order valence-electron chi connectivity index (χ2n) is 38.6. The monoisotopic (exact) mass is 1900 g/mol. The molecule has 0 bridgehead atoms. The lowest BCUT2D eigenvalue weighted by molar-refractivity contribution is -0.305. The number of nitrogens with one attached hydrogen (secondary N) is 1. The fourth-order valence-corrected chi connectivity index (χ4v) is 19.8. The third-order valence-corrected chi connectivity index (χ3v) is 32.1. The molecule has 2 fully saturated rings. The third kappa shape index (κ3) is 43.3. The molecule has 8 rings (SSSR count). The molecule has 5 aromatic carbocycles. The van der Waals surface area contributed by atoms with Crippen LogP contribution in [-0.4, -0.2) is 131 Å². The minimum atomic E-state index is -4.76. The Kier molecular flexibility index (Phi) is 54.7. The van der Waals surface area contributed by atoms with Gasteiger partial charge in [-0.1, -0.05) is 412 Å². The zero-order chi connectivity index (χ0) is 95.7. The van der Waals surface area contributed by atoms with Gasteiger partial charge in [0, 0.05) is 12.8 Å². The molecule has 0 radical (unpaired) electrons. The lowest BCUT2D eigenvalue weighted by atomic mass is 9.84. The number of carbonyl (C=O) groups is 5. The van der Waals surface area contributed by atoms with E-state index < -0.39 is 131 Å². The van der Waals surface area contributed by atoms with E-state index in [1.54, 1.807) is 0 Å². The highest BCUT2D eigenvalue weighted by Crippen LogP contribution is 2.56. The molecule has 1 N–H and O–H groups in total. The average molecular weight is 1900 g/mol. The van der Waals surface area contributed by atoms with Crippen molar-refractivity contribution in [2.24, 2.45) is 5.92 Å². The topological polar surface area (TPSA) is 253 Å². The molecule has 2 saturated heterocycles. The van der Waals surface area contributed by atoms with E-state index in [4.69, 9.17) is 70.1 Å². The molecule has 1 amide bonds. The number of fused-ring (bicyclic) bond motifs is 1. The smallest absolute Gasteiger partial charge is 0.462 e. The van der Waals surface area contributed by atoms with Crippen LogP contribution in [0.2, 0.25) is 18.1 Å². The van der Waals surface area contributed by atoms with Gasteiger partial charge in [0.1, 0.15) is 61.0 Å². The van der Waals surface area contributed by atoms with E-state index in [-0.39, 0.29) is 84.3 Å². The second kappa shape index (κ2) is 65.2. The SMILES string of the molecule is C=CCOC(=O)O[C@@H]1[C@@H](NC(=O)C[C@@H](CCCCCCCCCCC)OC(=O)CCCCCCCCCCC)[C@H](OC[C@H]2O[C@@H](O[Si](C)(C)C(C)(C)C)[C@H](C(=O)C[C@@H](CCCCCCCCCCC)OCc3ccccc3)[C@@H](OC(=O)C[C@@H](CCCCCCCCC)OCc3ccccc3)[C@@H]2OCc2ccccc2)O[C@H](COCc2ccccc2)[C@H]1OP1(=O)OCc2ccccc2CO1. The summed E-state index contributed by atoms with van der Waals surface area (Å²) in [5.41, 5.74) is 4.82. The molecule has 24 heteroatoms. The van der Waals surface area contributed by atoms with Crippen LogP contribution in [0.1, 0.15) is 345 Å². The molecule has 0 spiro atoms. The first-order chi connectivity index (χ1) is 65.1. The van der Waals surface area contributed by atoms with Gasteiger partial charge in [0.15, 0.2) is 27.0 Å². The van der Waals surface area contributed by atoms with Crippen LogP contribution < -0.4 is 5.32 Å². The summed E-state index contributed by atoms with van der Waals surface area (Å²) in [6, 6.07) is 44.5. The Balaban J connectivity index is 1.27. The first kappa shape index (κ1) is 112. The van der Waals surface area contributed by atoms with Crippen LogP contribution >= 0.6 is 7.82 Å². The Labute approximate surface area is 805 Å². The Bertz CT molecular complexity index is 4020. The van der Waals surface area contributed by atoms with Crippen molar-refractivity contribution >= 4 is 45.9 Å². The number of Topliss-reactive ketones (excluding diaryl/α,β-unsaturated/α-hetero) is 1. The van der Waals surface area contributed by atoms with Crippen molar-refractivity contribution in [1.82, 2.24) is 5.32 Å². The number of phosphoric ester groups is 1. The van der Waals surface area contributed by atoms with Gasteiger partial charge in [0.25, 0.3) is 0 Å². The van der Waals surface area contributed by atoms with E-state index in [0.717, 1.165) is 151 Å². The number of ketones is 1. The van der Waals surface area contributed by atoms with E-state index >= 15 is 18.9 Å². The van der Waals surface area contributed by atoms with Crippen molar-refractivity contribution in [3.63, 3.8) is 0 Å². The maximum Gasteiger partial charge on any atom is 0.509 e. The summed E-state index contributed by atoms with van der Waals surface area (Å²) >= 11 is 0. The quantitative estimate of drug-likeness (QED) is 0.00948. The average Bonchev–Trinajstić information content (AvgIpc) is 0.873. The number of esters is 2. The highest BCUT2D eigenvalue weighted by molar-refractivity contribution is 7.48. The second-order valence-corrected chi connectivity index (χ2v) is 45.0. The Hall–Kier alpha value is -6.80. The van der Waals surface area contributed by atoms with Gasteiger partial charge in [0.05, 0.1) is 77.9 Å². The summed E-state index contributed by atoms with van der Waals surface area (Å²) in [5.74, 6) is -3.38. The predicted octanol–water partition coefficient (Wildman–Crippen LogP) is 27.0. The van der Waals surface area contributed by atoms with E-state index in [1.807, 2.05) is 146 Å². The van der Waals surface area contributed by atoms with Crippen LogP contribution in [0.15, 0.2) is 158 Å². The number of phosphoric acid groups is 1. The van der Waals surface area contributed by atoms with Crippen molar-refractivity contribution in [3.05, 3.63) is 192 Å². The Morgan fingerprint density at radius 2 is 0.873 bits per heavy atom. The van der Waals surface area contributed by atoms with Gasteiger partial charge in [-0.3, -0.25) is 32.7 Å². The van der Waals surface area contributed by atoms with Crippen molar-refractivity contribution in [2.75, 3.05) is 19.8 Å². The molecule has 0 aliphatic carbocycles. The zero-order valence-corrected chi connectivity index (χ0v) is 84.9. The molecular weight excluding hydrogens is 1730 g/mol. The minimum absolute atomic E-state index is 0.0360. The third-order valence-electron chi connectivity index (χ3n) is 26.3. The summed E-state index contributed by atoms with van der Waals surface area (Å²) in [5, 5.41) is 2.67. The molecule has 5 aromatic rings. The molecule has 0 aromatic heterocycles. The number of hydrogen-bond acceptors (Lipinski definition) is 21. The number of carbonyl (C=O) groups excluding carboxylic acids is 5. The Morgan fingerprint density at radius 3 is 1.34 bits per heavy atom. The normalized spacial score (nSPS) is 20.3. The fraction of sp³-hybridized carbons (Fsp3) is 0.664. The van der Waals surface area contributed by atoms with E-state index in [1.165, 1.54) is 83.1 Å². The first-order valence-electron chi connectivity index (χ1n) is 51.6.